The van der Waals surface area contributed by atoms with E-state index in [1.54, 1.807) is 0 Å². The quantitative estimate of drug-likeness (QED) is 0.851. The predicted molar refractivity (Wildman–Crippen MR) is 80.6 cm³/mol. The third-order valence-corrected chi connectivity index (χ3v) is 3.89. The fourth-order valence-electron chi connectivity index (χ4n) is 2.76. The molecule has 1 aliphatic heterocycles. The molecule has 108 valence electrons. The van der Waals surface area contributed by atoms with Crippen molar-refractivity contribution in [1.29, 1.82) is 0 Å². The molecule has 1 saturated heterocycles. The molecule has 2 rings (SSSR count). The molecule has 2 N–H and O–H groups in total. The number of nitrogen functional groups attached to an aromatic ring is 1. The Hall–Kier alpha value is -1.23. The van der Waals surface area contributed by atoms with Gasteiger partial charge in [0.2, 0.25) is 0 Å². The molecule has 0 atom stereocenters. The van der Waals surface area contributed by atoms with Gasteiger partial charge in [-0.3, -0.25) is 0 Å². The van der Waals surface area contributed by atoms with Crippen LogP contribution in [0.2, 0.25) is 0 Å². The number of nitrogens with zero attached hydrogens (tertiary/aromatic N) is 4. The van der Waals surface area contributed by atoms with Gasteiger partial charge >= 0.3 is 0 Å². The van der Waals surface area contributed by atoms with Crippen LogP contribution < -0.4 is 10.6 Å². The number of hydrogen-bond acceptors (Lipinski definition) is 4. The number of aromatic nitrogens is 2. The highest BCUT2D eigenvalue weighted by Crippen LogP contribution is 2.25. The number of rotatable bonds is 6. The minimum absolute atomic E-state index is 0.831. The molecule has 19 heavy (non-hydrogen) atoms. The van der Waals surface area contributed by atoms with Crippen molar-refractivity contribution in [2.24, 2.45) is 0 Å². The van der Waals surface area contributed by atoms with Crippen LogP contribution in [0.15, 0.2) is 0 Å². The van der Waals surface area contributed by atoms with E-state index in [2.05, 4.69) is 33.6 Å². The van der Waals surface area contributed by atoms with Crippen LogP contribution in [0.5, 0.6) is 0 Å². The standard InChI is InChI=1S/C14H27N5/c1-4-7-19-14(13(15)12(2)16-19)17(3)10-11-18-8-5-6-9-18/h4-11,15H2,1-3H3. The summed E-state index contributed by atoms with van der Waals surface area (Å²) >= 11 is 0. The van der Waals surface area contributed by atoms with Crippen LogP contribution in [-0.4, -0.2) is 47.9 Å². The summed E-state index contributed by atoms with van der Waals surface area (Å²) in [5, 5.41) is 4.54. The molecule has 0 spiro atoms. The molecular formula is C14H27N5. The van der Waals surface area contributed by atoms with E-state index >= 15 is 0 Å². The van der Waals surface area contributed by atoms with E-state index in [9.17, 15) is 0 Å². The van der Waals surface area contributed by atoms with Crippen molar-refractivity contribution < 1.29 is 0 Å². The van der Waals surface area contributed by atoms with Gasteiger partial charge in [-0.25, -0.2) is 4.68 Å². The molecule has 2 heterocycles. The van der Waals surface area contributed by atoms with Crippen molar-refractivity contribution in [2.75, 3.05) is 43.9 Å². The highest BCUT2D eigenvalue weighted by atomic mass is 15.4. The van der Waals surface area contributed by atoms with E-state index < -0.39 is 0 Å². The maximum atomic E-state index is 6.18. The molecule has 0 unspecified atom stereocenters. The van der Waals surface area contributed by atoms with E-state index in [0.29, 0.717) is 0 Å². The number of likely N-dealkylation sites (tertiary alicyclic amines) is 1. The Kier molecular flexibility index (Phi) is 4.69. The minimum Gasteiger partial charge on any atom is -0.394 e. The first-order valence-electron chi connectivity index (χ1n) is 7.39. The smallest absolute Gasteiger partial charge is 0.150 e. The van der Waals surface area contributed by atoms with Crippen molar-refractivity contribution >= 4 is 11.5 Å². The summed E-state index contributed by atoms with van der Waals surface area (Å²) in [5.74, 6) is 1.08. The van der Waals surface area contributed by atoms with Gasteiger partial charge in [0.05, 0.1) is 11.4 Å². The van der Waals surface area contributed by atoms with Gasteiger partial charge in [0.15, 0.2) is 0 Å². The predicted octanol–water partition coefficient (Wildman–Crippen LogP) is 1.72. The zero-order valence-corrected chi connectivity index (χ0v) is 12.5. The average molecular weight is 265 g/mol. The van der Waals surface area contributed by atoms with Crippen LogP contribution in [0.1, 0.15) is 31.9 Å². The molecule has 5 heteroatoms. The fraction of sp³-hybridized carbons (Fsp3) is 0.786. The monoisotopic (exact) mass is 265 g/mol. The molecule has 1 aromatic rings. The van der Waals surface area contributed by atoms with Crippen LogP contribution in [0.25, 0.3) is 0 Å². The first-order chi connectivity index (χ1) is 9.13. The Bertz CT molecular complexity index is 406. The maximum absolute atomic E-state index is 6.18. The van der Waals surface area contributed by atoms with Crippen molar-refractivity contribution in [3.05, 3.63) is 5.69 Å². The van der Waals surface area contributed by atoms with Gasteiger partial charge in [-0.15, -0.1) is 0 Å². The summed E-state index contributed by atoms with van der Waals surface area (Å²) in [7, 11) is 2.12. The zero-order valence-electron chi connectivity index (χ0n) is 12.5. The SMILES string of the molecule is CCCn1nc(C)c(N)c1N(C)CCN1CCCC1. The van der Waals surface area contributed by atoms with Crippen molar-refractivity contribution in [3.8, 4) is 0 Å². The fourth-order valence-corrected chi connectivity index (χ4v) is 2.76. The van der Waals surface area contributed by atoms with Gasteiger partial charge in [0.25, 0.3) is 0 Å². The van der Waals surface area contributed by atoms with Crippen LogP contribution in [0.3, 0.4) is 0 Å². The third-order valence-electron chi connectivity index (χ3n) is 3.89. The molecule has 0 aliphatic carbocycles. The highest BCUT2D eigenvalue weighted by molar-refractivity contribution is 5.65. The summed E-state index contributed by atoms with van der Waals surface area (Å²) in [4.78, 5) is 4.78. The van der Waals surface area contributed by atoms with Gasteiger partial charge in [-0.2, -0.15) is 5.10 Å². The average Bonchev–Trinajstić information content (AvgIpc) is 2.97. The van der Waals surface area contributed by atoms with Gasteiger partial charge in [0.1, 0.15) is 5.82 Å². The topological polar surface area (TPSA) is 50.3 Å². The Morgan fingerprint density at radius 2 is 1.95 bits per heavy atom. The molecule has 0 aromatic carbocycles. The lowest BCUT2D eigenvalue weighted by Gasteiger charge is -2.24. The Balaban J connectivity index is 2.02. The van der Waals surface area contributed by atoms with Gasteiger partial charge in [0, 0.05) is 26.7 Å². The molecular weight excluding hydrogens is 238 g/mol. The van der Waals surface area contributed by atoms with Crippen LogP contribution in [-0.2, 0) is 6.54 Å². The highest BCUT2D eigenvalue weighted by Gasteiger charge is 2.17. The summed E-state index contributed by atoms with van der Waals surface area (Å²) < 4.78 is 2.05. The maximum Gasteiger partial charge on any atom is 0.150 e. The Morgan fingerprint density at radius 3 is 2.58 bits per heavy atom. The number of anilines is 2. The Labute approximate surface area is 116 Å². The third kappa shape index (κ3) is 3.21. The zero-order chi connectivity index (χ0) is 13.8. The van der Waals surface area contributed by atoms with Crippen molar-refractivity contribution in [1.82, 2.24) is 14.7 Å². The van der Waals surface area contributed by atoms with Crippen molar-refractivity contribution in [2.45, 2.75) is 39.7 Å². The summed E-state index contributed by atoms with van der Waals surface area (Å²) in [6, 6.07) is 0. The molecule has 5 nitrogen and oxygen atoms in total. The van der Waals surface area contributed by atoms with E-state index in [4.69, 9.17) is 5.73 Å². The largest absolute Gasteiger partial charge is 0.394 e. The number of hydrogen-bond donors (Lipinski definition) is 1. The van der Waals surface area contributed by atoms with Crippen LogP contribution in [0, 0.1) is 6.92 Å². The van der Waals surface area contributed by atoms with E-state index in [0.717, 1.165) is 43.3 Å². The number of nitrogens with two attached hydrogens (primary N) is 1. The summed E-state index contributed by atoms with van der Waals surface area (Å²) in [5.41, 5.74) is 7.95. The van der Waals surface area contributed by atoms with Crippen LogP contribution in [0.4, 0.5) is 11.5 Å². The van der Waals surface area contributed by atoms with E-state index in [1.807, 2.05) is 6.92 Å². The molecule has 0 bridgehead atoms. The van der Waals surface area contributed by atoms with Crippen molar-refractivity contribution in [3.63, 3.8) is 0 Å². The number of likely N-dealkylation sites (N-methyl/N-ethyl adjacent to an activating group) is 1. The lowest BCUT2D eigenvalue weighted by atomic mass is 10.3. The lowest BCUT2D eigenvalue weighted by molar-refractivity contribution is 0.346. The van der Waals surface area contributed by atoms with E-state index in [-0.39, 0.29) is 0 Å². The van der Waals surface area contributed by atoms with Gasteiger partial charge in [-0.05, 0) is 39.3 Å². The minimum atomic E-state index is 0.831. The summed E-state index contributed by atoms with van der Waals surface area (Å²) in [6.07, 6.45) is 3.77. The molecule has 0 saturated carbocycles. The molecule has 1 aromatic heterocycles. The van der Waals surface area contributed by atoms with Gasteiger partial charge < -0.3 is 15.5 Å². The second-order valence-corrected chi connectivity index (χ2v) is 5.52. The van der Waals surface area contributed by atoms with E-state index in [1.165, 1.54) is 25.9 Å². The molecule has 1 aliphatic rings. The number of aryl methyl sites for hydroxylation is 2. The molecule has 0 radical (unpaired) electrons. The lowest BCUT2D eigenvalue weighted by Crippen LogP contribution is -2.32. The first kappa shape index (κ1) is 14.2. The summed E-state index contributed by atoms with van der Waals surface area (Å²) in [6.45, 7) is 9.71. The second-order valence-electron chi connectivity index (χ2n) is 5.52. The molecule has 1 fully saturated rings. The van der Waals surface area contributed by atoms with Crippen LogP contribution >= 0.6 is 0 Å². The molecule has 0 amide bonds. The normalized spacial score (nSPS) is 16.2. The van der Waals surface area contributed by atoms with Gasteiger partial charge in [-0.1, -0.05) is 6.92 Å². The second kappa shape index (κ2) is 6.28. The first-order valence-corrected chi connectivity index (χ1v) is 7.39. The Morgan fingerprint density at radius 1 is 1.26 bits per heavy atom.